The van der Waals surface area contributed by atoms with Crippen molar-refractivity contribution in [2.75, 3.05) is 6.54 Å². The summed E-state index contributed by atoms with van der Waals surface area (Å²) in [4.78, 5) is 18.9. The Morgan fingerprint density at radius 2 is 1.87 bits per heavy atom. The van der Waals surface area contributed by atoms with Crippen LogP contribution in [0, 0.1) is 23.4 Å². The molecule has 0 radical (unpaired) electrons. The minimum atomic E-state index is -1.48. The van der Waals surface area contributed by atoms with Crippen LogP contribution in [0.4, 0.5) is 13.2 Å². The average Bonchev–Trinajstić information content (AvgIpc) is 3.04. The van der Waals surface area contributed by atoms with Crippen molar-refractivity contribution < 1.29 is 18.0 Å². The van der Waals surface area contributed by atoms with E-state index in [2.05, 4.69) is 4.98 Å². The van der Waals surface area contributed by atoms with Crippen LogP contribution in [0.3, 0.4) is 0 Å². The van der Waals surface area contributed by atoms with Crippen LogP contribution < -0.4 is 0 Å². The number of hydrogen-bond acceptors (Lipinski definition) is 2. The lowest BCUT2D eigenvalue weighted by atomic mass is 10.1. The summed E-state index contributed by atoms with van der Waals surface area (Å²) in [5, 5.41) is 0.556. The van der Waals surface area contributed by atoms with E-state index >= 15 is 0 Å². The highest BCUT2D eigenvalue weighted by Crippen LogP contribution is 2.24. The third kappa shape index (κ3) is 4.46. The summed E-state index contributed by atoms with van der Waals surface area (Å²) in [5.74, 6) is -3.93. The lowest BCUT2D eigenvalue weighted by Gasteiger charge is -2.24. The van der Waals surface area contributed by atoms with E-state index in [1.165, 1.54) is 4.90 Å². The second-order valence-corrected chi connectivity index (χ2v) is 7.97. The molecule has 0 unspecified atom stereocenters. The summed E-state index contributed by atoms with van der Waals surface area (Å²) in [7, 11) is 0. The van der Waals surface area contributed by atoms with Gasteiger partial charge in [-0.2, -0.15) is 0 Å². The van der Waals surface area contributed by atoms with Gasteiger partial charge < -0.3 is 9.47 Å². The van der Waals surface area contributed by atoms with Gasteiger partial charge >= 0.3 is 0 Å². The highest BCUT2D eigenvalue weighted by Gasteiger charge is 2.27. The summed E-state index contributed by atoms with van der Waals surface area (Å²) >= 11 is 6.10. The Morgan fingerprint density at radius 3 is 2.53 bits per heavy atom. The number of imidazole rings is 1. The van der Waals surface area contributed by atoms with E-state index in [4.69, 9.17) is 11.6 Å². The molecule has 0 N–H and O–H groups in total. The maximum absolute atomic E-state index is 14.3. The van der Waals surface area contributed by atoms with Crippen molar-refractivity contribution in [1.82, 2.24) is 14.5 Å². The molecule has 30 heavy (non-hydrogen) atoms. The van der Waals surface area contributed by atoms with Gasteiger partial charge in [-0.25, -0.2) is 18.2 Å². The smallest absolute Gasteiger partial charge is 0.260 e. The number of carbonyl (C=O) groups is 1. The molecule has 3 rings (SSSR count). The summed E-state index contributed by atoms with van der Waals surface area (Å²) in [6.45, 7) is 6.74. The fourth-order valence-electron chi connectivity index (χ4n) is 3.34. The van der Waals surface area contributed by atoms with Crippen LogP contribution in [0.1, 0.15) is 43.4 Å². The van der Waals surface area contributed by atoms with Gasteiger partial charge in [-0.15, -0.1) is 0 Å². The largest absolute Gasteiger partial charge is 0.331 e. The number of amides is 1. The minimum absolute atomic E-state index is 0.0289. The summed E-state index contributed by atoms with van der Waals surface area (Å²) in [5.41, 5.74) is 0.621. The Labute approximate surface area is 178 Å². The predicted molar refractivity (Wildman–Crippen MR) is 111 cm³/mol. The SMILES string of the molecule is CCn1c(CN(CCC(C)C)C(=O)c2c(F)ccc(F)c2F)nc2ccc(Cl)cc21. The highest BCUT2D eigenvalue weighted by molar-refractivity contribution is 6.31. The molecule has 1 heterocycles. The second-order valence-electron chi connectivity index (χ2n) is 7.53. The van der Waals surface area contributed by atoms with Crippen molar-refractivity contribution in [3.63, 3.8) is 0 Å². The van der Waals surface area contributed by atoms with Crippen molar-refractivity contribution in [2.24, 2.45) is 5.92 Å². The van der Waals surface area contributed by atoms with Crippen molar-refractivity contribution in [3.8, 4) is 0 Å². The normalized spacial score (nSPS) is 11.5. The molecule has 160 valence electrons. The number of aryl methyl sites for hydroxylation is 1. The van der Waals surface area contributed by atoms with Crippen LogP contribution in [0.5, 0.6) is 0 Å². The molecule has 0 aliphatic carbocycles. The van der Waals surface area contributed by atoms with E-state index in [1.54, 1.807) is 18.2 Å². The Kier molecular flexibility index (Phi) is 6.71. The van der Waals surface area contributed by atoms with Gasteiger partial charge in [0.2, 0.25) is 0 Å². The van der Waals surface area contributed by atoms with Gasteiger partial charge in [0.25, 0.3) is 5.91 Å². The molecule has 1 aromatic heterocycles. The number of nitrogens with zero attached hydrogens (tertiary/aromatic N) is 3. The molecule has 0 spiro atoms. The highest BCUT2D eigenvalue weighted by atomic mass is 35.5. The van der Waals surface area contributed by atoms with E-state index in [0.29, 0.717) is 35.4 Å². The maximum Gasteiger partial charge on any atom is 0.260 e. The van der Waals surface area contributed by atoms with Crippen molar-refractivity contribution in [3.05, 3.63) is 64.2 Å². The molecular formula is C22H23ClF3N3O. The van der Waals surface area contributed by atoms with Crippen LogP contribution in [0.25, 0.3) is 11.0 Å². The Morgan fingerprint density at radius 1 is 1.17 bits per heavy atom. The number of hydrogen-bond donors (Lipinski definition) is 0. The van der Waals surface area contributed by atoms with Gasteiger partial charge in [-0.3, -0.25) is 4.79 Å². The molecule has 0 fully saturated rings. The molecule has 0 atom stereocenters. The van der Waals surface area contributed by atoms with Crippen LogP contribution in [-0.4, -0.2) is 26.9 Å². The molecule has 0 aliphatic rings. The zero-order chi connectivity index (χ0) is 22.0. The van der Waals surface area contributed by atoms with Crippen molar-refractivity contribution >= 4 is 28.5 Å². The molecule has 0 saturated carbocycles. The molecule has 1 amide bonds. The van der Waals surface area contributed by atoms with E-state index in [0.717, 1.165) is 11.6 Å². The van der Waals surface area contributed by atoms with E-state index in [9.17, 15) is 18.0 Å². The zero-order valence-corrected chi connectivity index (χ0v) is 17.8. The number of aromatic nitrogens is 2. The molecule has 0 bridgehead atoms. The average molecular weight is 438 g/mol. The first-order chi connectivity index (χ1) is 14.2. The molecule has 3 aromatic rings. The van der Waals surface area contributed by atoms with Crippen LogP contribution >= 0.6 is 11.6 Å². The van der Waals surface area contributed by atoms with Gasteiger partial charge in [0.1, 0.15) is 17.2 Å². The van der Waals surface area contributed by atoms with Gasteiger partial charge in [0, 0.05) is 18.1 Å². The lowest BCUT2D eigenvalue weighted by Crippen LogP contribution is -2.34. The fraction of sp³-hybridized carbons (Fsp3) is 0.364. The van der Waals surface area contributed by atoms with Gasteiger partial charge in [-0.1, -0.05) is 25.4 Å². The summed E-state index contributed by atoms with van der Waals surface area (Å²) < 4.78 is 44.1. The Bertz CT molecular complexity index is 1080. The fourth-order valence-corrected chi connectivity index (χ4v) is 3.50. The number of benzene rings is 2. The lowest BCUT2D eigenvalue weighted by molar-refractivity contribution is 0.0718. The number of halogens is 4. The molecule has 0 aliphatic heterocycles. The third-order valence-electron chi connectivity index (χ3n) is 4.96. The molecule has 8 heteroatoms. The van der Waals surface area contributed by atoms with Gasteiger partial charge in [0.05, 0.1) is 17.6 Å². The second kappa shape index (κ2) is 9.08. The topological polar surface area (TPSA) is 38.1 Å². The molecule has 4 nitrogen and oxygen atoms in total. The van der Waals surface area contributed by atoms with Crippen LogP contribution in [-0.2, 0) is 13.1 Å². The van der Waals surface area contributed by atoms with Crippen molar-refractivity contribution in [2.45, 2.75) is 40.3 Å². The van der Waals surface area contributed by atoms with Gasteiger partial charge in [0.15, 0.2) is 11.6 Å². The van der Waals surface area contributed by atoms with E-state index < -0.39 is 28.9 Å². The first-order valence-corrected chi connectivity index (χ1v) is 10.2. The van der Waals surface area contributed by atoms with Crippen molar-refractivity contribution in [1.29, 1.82) is 0 Å². The standard InChI is InChI=1S/C22H23ClF3N3O/c1-4-29-18-11-14(23)5-8-17(18)27-19(29)12-28(10-9-13(2)3)22(30)20-15(24)6-7-16(25)21(20)26/h5-8,11,13H,4,9-10,12H2,1-3H3. The van der Waals surface area contributed by atoms with E-state index in [-0.39, 0.29) is 19.0 Å². The molecular weight excluding hydrogens is 415 g/mol. The van der Waals surface area contributed by atoms with Gasteiger partial charge in [-0.05, 0) is 49.6 Å². The Balaban J connectivity index is 2.02. The third-order valence-corrected chi connectivity index (χ3v) is 5.19. The van der Waals surface area contributed by atoms with Crippen LogP contribution in [0.2, 0.25) is 5.02 Å². The first kappa shape index (κ1) is 22.2. The Hall–Kier alpha value is -2.54. The van der Waals surface area contributed by atoms with E-state index in [1.807, 2.05) is 25.3 Å². The first-order valence-electron chi connectivity index (χ1n) is 9.80. The zero-order valence-electron chi connectivity index (χ0n) is 17.1. The molecule has 0 saturated heterocycles. The predicted octanol–water partition coefficient (Wildman–Crippen LogP) is 5.82. The quantitative estimate of drug-likeness (QED) is 0.437. The summed E-state index contributed by atoms with van der Waals surface area (Å²) in [6, 6.07) is 6.71. The minimum Gasteiger partial charge on any atom is -0.331 e. The number of carbonyl (C=O) groups excluding carboxylic acids is 1. The maximum atomic E-state index is 14.3. The number of fused-ring (bicyclic) bond motifs is 1. The van der Waals surface area contributed by atoms with Crippen LogP contribution in [0.15, 0.2) is 30.3 Å². The summed E-state index contributed by atoms with van der Waals surface area (Å²) in [6.07, 6.45) is 0.614. The molecule has 2 aromatic carbocycles. The number of rotatable bonds is 7. The monoisotopic (exact) mass is 437 g/mol.